The zero-order valence-corrected chi connectivity index (χ0v) is 11.6. The number of rotatable bonds is 3. The molecule has 1 N–H and O–H groups in total. The van der Waals surface area contributed by atoms with Gasteiger partial charge >= 0.3 is 0 Å². The number of hydrogen-bond donors (Lipinski definition) is 1. The molecule has 1 aliphatic rings. The zero-order chi connectivity index (χ0) is 13.2. The fourth-order valence-corrected chi connectivity index (χ4v) is 2.99. The molecule has 1 aromatic carbocycles. The molecule has 5 heteroatoms. The van der Waals surface area contributed by atoms with E-state index in [0.717, 1.165) is 30.7 Å². The van der Waals surface area contributed by atoms with Crippen LogP contribution in [0.4, 0.5) is 0 Å². The van der Waals surface area contributed by atoms with E-state index in [-0.39, 0.29) is 6.04 Å². The molecule has 0 radical (unpaired) electrons. The maximum Gasteiger partial charge on any atom is 0.175 e. The Labute approximate surface area is 108 Å². The van der Waals surface area contributed by atoms with Gasteiger partial charge in [0.25, 0.3) is 0 Å². The number of sulfone groups is 1. The van der Waals surface area contributed by atoms with Crippen LogP contribution < -0.4 is 10.1 Å². The maximum absolute atomic E-state index is 11.6. The van der Waals surface area contributed by atoms with Gasteiger partial charge in [0.2, 0.25) is 0 Å². The van der Waals surface area contributed by atoms with Crippen molar-refractivity contribution in [1.82, 2.24) is 5.32 Å². The molecule has 0 saturated carbocycles. The van der Waals surface area contributed by atoms with E-state index in [9.17, 15) is 8.42 Å². The van der Waals surface area contributed by atoms with Gasteiger partial charge in [-0.05, 0) is 37.6 Å². The van der Waals surface area contributed by atoms with Crippen molar-refractivity contribution in [2.45, 2.75) is 30.2 Å². The number of benzene rings is 1. The Morgan fingerprint density at radius 1 is 1.33 bits per heavy atom. The van der Waals surface area contributed by atoms with Crippen LogP contribution in [0.2, 0.25) is 0 Å². The fraction of sp³-hybridized carbons (Fsp3) is 0.538. The molecule has 1 heterocycles. The van der Waals surface area contributed by atoms with Gasteiger partial charge in [-0.3, -0.25) is 0 Å². The van der Waals surface area contributed by atoms with E-state index in [4.69, 9.17) is 4.74 Å². The third-order valence-corrected chi connectivity index (χ3v) is 4.43. The van der Waals surface area contributed by atoms with Crippen LogP contribution in [0.15, 0.2) is 23.1 Å². The summed E-state index contributed by atoms with van der Waals surface area (Å²) < 4.78 is 28.5. The Kier molecular flexibility index (Phi) is 3.92. The lowest BCUT2D eigenvalue weighted by Crippen LogP contribution is -2.27. The van der Waals surface area contributed by atoms with Crippen molar-refractivity contribution in [2.75, 3.05) is 19.9 Å². The molecule has 1 saturated heterocycles. The lowest BCUT2D eigenvalue weighted by molar-refractivity contribution is 0.373. The molecule has 0 amide bonds. The van der Waals surface area contributed by atoms with Gasteiger partial charge < -0.3 is 10.1 Å². The first-order valence-electron chi connectivity index (χ1n) is 6.14. The first kappa shape index (κ1) is 13.4. The largest absolute Gasteiger partial charge is 0.496 e. The van der Waals surface area contributed by atoms with E-state index in [0.29, 0.717) is 4.90 Å². The Morgan fingerprint density at radius 2 is 2.11 bits per heavy atom. The minimum Gasteiger partial charge on any atom is -0.496 e. The molecule has 0 aromatic heterocycles. The summed E-state index contributed by atoms with van der Waals surface area (Å²) in [6.07, 6.45) is 4.57. The summed E-state index contributed by atoms with van der Waals surface area (Å²) >= 11 is 0. The highest BCUT2D eigenvalue weighted by molar-refractivity contribution is 7.90. The molecule has 0 spiro atoms. The van der Waals surface area contributed by atoms with Gasteiger partial charge in [0.05, 0.1) is 12.0 Å². The van der Waals surface area contributed by atoms with Crippen molar-refractivity contribution in [3.63, 3.8) is 0 Å². The van der Waals surface area contributed by atoms with Crippen molar-refractivity contribution in [3.05, 3.63) is 23.8 Å². The monoisotopic (exact) mass is 269 g/mol. The lowest BCUT2D eigenvalue weighted by atomic mass is 9.97. The Morgan fingerprint density at radius 3 is 2.67 bits per heavy atom. The fourth-order valence-electron chi connectivity index (χ4n) is 2.33. The lowest BCUT2D eigenvalue weighted by Gasteiger charge is -2.25. The van der Waals surface area contributed by atoms with Gasteiger partial charge in [0, 0.05) is 17.9 Å². The average molecular weight is 269 g/mol. The predicted molar refractivity (Wildman–Crippen MR) is 70.7 cm³/mol. The Hall–Kier alpha value is -1.07. The minimum atomic E-state index is -3.17. The molecule has 100 valence electrons. The summed E-state index contributed by atoms with van der Waals surface area (Å²) in [6, 6.07) is 5.26. The molecule has 0 aliphatic carbocycles. The molecule has 1 atom stereocenters. The summed E-state index contributed by atoms with van der Waals surface area (Å²) in [4.78, 5) is 0.352. The van der Waals surface area contributed by atoms with Crippen molar-refractivity contribution in [2.24, 2.45) is 0 Å². The summed E-state index contributed by atoms with van der Waals surface area (Å²) in [5.41, 5.74) is 0.945. The third kappa shape index (κ3) is 2.84. The maximum atomic E-state index is 11.6. The number of piperidine rings is 1. The molecular formula is C13H19NO3S. The van der Waals surface area contributed by atoms with E-state index >= 15 is 0 Å². The van der Waals surface area contributed by atoms with Gasteiger partial charge in [0.1, 0.15) is 5.75 Å². The van der Waals surface area contributed by atoms with Crippen LogP contribution in [0.3, 0.4) is 0 Å². The quantitative estimate of drug-likeness (QED) is 0.910. The molecule has 2 rings (SSSR count). The normalized spacial score (nSPS) is 20.7. The summed E-state index contributed by atoms with van der Waals surface area (Å²) in [5.74, 6) is 0.752. The second kappa shape index (κ2) is 5.28. The molecule has 0 bridgehead atoms. The van der Waals surface area contributed by atoms with Crippen molar-refractivity contribution in [3.8, 4) is 5.75 Å². The smallest absolute Gasteiger partial charge is 0.175 e. The predicted octanol–water partition coefficient (Wildman–Crippen LogP) is 1.91. The molecule has 1 aromatic rings. The Balaban J connectivity index is 2.42. The molecule has 1 aliphatic heterocycles. The summed E-state index contributed by atoms with van der Waals surface area (Å²) in [7, 11) is -1.56. The summed E-state index contributed by atoms with van der Waals surface area (Å²) in [5, 5.41) is 3.41. The number of ether oxygens (including phenoxy) is 1. The van der Waals surface area contributed by atoms with Crippen molar-refractivity contribution < 1.29 is 13.2 Å². The van der Waals surface area contributed by atoms with Gasteiger partial charge in [-0.25, -0.2) is 8.42 Å². The van der Waals surface area contributed by atoms with Gasteiger partial charge in [-0.15, -0.1) is 0 Å². The van der Waals surface area contributed by atoms with Crippen LogP contribution in [0, 0.1) is 0 Å². The Bertz CT molecular complexity index is 519. The number of methoxy groups -OCH3 is 1. The van der Waals surface area contributed by atoms with Gasteiger partial charge in [-0.2, -0.15) is 0 Å². The first-order chi connectivity index (χ1) is 8.52. The molecule has 1 fully saturated rings. The van der Waals surface area contributed by atoms with Gasteiger partial charge in [-0.1, -0.05) is 6.42 Å². The van der Waals surface area contributed by atoms with E-state index in [1.807, 2.05) is 0 Å². The van der Waals surface area contributed by atoms with Crippen LogP contribution in [-0.2, 0) is 9.84 Å². The second-order valence-electron chi connectivity index (χ2n) is 4.68. The van der Waals surface area contributed by atoms with Crippen LogP contribution in [0.1, 0.15) is 30.9 Å². The highest BCUT2D eigenvalue weighted by Gasteiger charge is 2.20. The minimum absolute atomic E-state index is 0.190. The van der Waals surface area contributed by atoms with Crippen LogP contribution >= 0.6 is 0 Å². The van der Waals surface area contributed by atoms with E-state index in [2.05, 4.69) is 5.32 Å². The van der Waals surface area contributed by atoms with E-state index < -0.39 is 9.84 Å². The highest BCUT2D eigenvalue weighted by atomic mass is 32.2. The molecule has 18 heavy (non-hydrogen) atoms. The van der Waals surface area contributed by atoms with Crippen LogP contribution in [-0.4, -0.2) is 28.3 Å². The first-order valence-corrected chi connectivity index (χ1v) is 8.03. The van der Waals surface area contributed by atoms with Crippen molar-refractivity contribution >= 4 is 9.84 Å². The molecule has 4 nitrogen and oxygen atoms in total. The molecule has 1 unspecified atom stereocenters. The van der Waals surface area contributed by atoms with Crippen LogP contribution in [0.25, 0.3) is 0 Å². The average Bonchev–Trinajstić information content (AvgIpc) is 2.38. The van der Waals surface area contributed by atoms with E-state index in [1.54, 1.807) is 25.3 Å². The van der Waals surface area contributed by atoms with Crippen LogP contribution in [0.5, 0.6) is 5.75 Å². The molecular weight excluding hydrogens is 250 g/mol. The third-order valence-electron chi connectivity index (χ3n) is 3.32. The standard InChI is InChI=1S/C13H19NO3S/c1-17-13-7-6-10(18(2,15)16)9-11(13)12-5-3-4-8-14-12/h6-7,9,12,14H,3-5,8H2,1-2H3. The second-order valence-corrected chi connectivity index (χ2v) is 6.69. The number of hydrogen-bond acceptors (Lipinski definition) is 4. The van der Waals surface area contributed by atoms with Crippen molar-refractivity contribution in [1.29, 1.82) is 0 Å². The zero-order valence-electron chi connectivity index (χ0n) is 10.8. The topological polar surface area (TPSA) is 55.4 Å². The van der Waals surface area contributed by atoms with Gasteiger partial charge in [0.15, 0.2) is 9.84 Å². The number of nitrogens with one attached hydrogen (secondary N) is 1. The van der Waals surface area contributed by atoms with E-state index in [1.165, 1.54) is 12.7 Å². The highest BCUT2D eigenvalue weighted by Crippen LogP contribution is 2.32. The summed E-state index contributed by atoms with van der Waals surface area (Å²) in [6.45, 7) is 0.969. The SMILES string of the molecule is COc1ccc(S(C)(=O)=O)cc1C1CCCCN1.